The lowest BCUT2D eigenvalue weighted by Gasteiger charge is -2.04. The first kappa shape index (κ1) is 10.4. The molecule has 3 nitrogen and oxygen atoms in total. The van der Waals surface area contributed by atoms with Gasteiger partial charge in [0.25, 0.3) is 0 Å². The fourth-order valence-electron chi connectivity index (χ4n) is 1.59. The van der Waals surface area contributed by atoms with Crippen molar-refractivity contribution in [3.63, 3.8) is 0 Å². The third-order valence-corrected chi connectivity index (χ3v) is 2.57. The molecule has 0 radical (unpaired) electrons. The van der Waals surface area contributed by atoms with E-state index in [0.29, 0.717) is 12.1 Å². The van der Waals surface area contributed by atoms with Crippen LogP contribution >= 0.6 is 0 Å². The standard InChI is InChI=1S/C12H19N3/c1-10(2)14-7-3-4-12-8-13-9-15(12)11-5-6-11/h3-4,8-11,14H,5-7H2,1-2H3. The van der Waals surface area contributed by atoms with Gasteiger partial charge in [-0.25, -0.2) is 4.98 Å². The minimum absolute atomic E-state index is 0.544. The van der Waals surface area contributed by atoms with Gasteiger partial charge in [-0.3, -0.25) is 0 Å². The molecule has 0 amide bonds. The molecule has 0 saturated heterocycles. The van der Waals surface area contributed by atoms with Crippen molar-refractivity contribution < 1.29 is 0 Å². The zero-order valence-electron chi connectivity index (χ0n) is 9.48. The largest absolute Gasteiger partial charge is 0.328 e. The highest BCUT2D eigenvalue weighted by molar-refractivity contribution is 5.44. The van der Waals surface area contributed by atoms with Crippen LogP contribution in [0.4, 0.5) is 0 Å². The molecule has 15 heavy (non-hydrogen) atoms. The molecule has 0 bridgehead atoms. The van der Waals surface area contributed by atoms with E-state index >= 15 is 0 Å². The molecule has 0 aliphatic heterocycles. The van der Waals surface area contributed by atoms with Gasteiger partial charge in [0.15, 0.2) is 0 Å². The van der Waals surface area contributed by atoms with Crippen molar-refractivity contribution in [3.05, 3.63) is 24.3 Å². The topological polar surface area (TPSA) is 29.9 Å². The first-order chi connectivity index (χ1) is 7.27. The van der Waals surface area contributed by atoms with Crippen molar-refractivity contribution >= 4 is 6.08 Å². The van der Waals surface area contributed by atoms with Gasteiger partial charge in [-0.2, -0.15) is 0 Å². The van der Waals surface area contributed by atoms with E-state index in [1.165, 1.54) is 18.5 Å². The summed E-state index contributed by atoms with van der Waals surface area (Å²) in [6.45, 7) is 5.23. The van der Waals surface area contributed by atoms with E-state index in [-0.39, 0.29) is 0 Å². The minimum atomic E-state index is 0.544. The molecule has 1 heterocycles. The minimum Gasteiger partial charge on any atom is -0.328 e. The molecule has 1 aromatic rings. The van der Waals surface area contributed by atoms with Crippen molar-refractivity contribution in [1.29, 1.82) is 0 Å². The number of aromatic nitrogens is 2. The number of nitrogens with one attached hydrogen (secondary N) is 1. The van der Waals surface area contributed by atoms with Gasteiger partial charge in [-0.1, -0.05) is 19.9 Å². The molecule has 1 saturated carbocycles. The second-order valence-electron chi connectivity index (χ2n) is 4.42. The van der Waals surface area contributed by atoms with E-state index in [1.54, 1.807) is 0 Å². The van der Waals surface area contributed by atoms with Crippen molar-refractivity contribution in [2.24, 2.45) is 0 Å². The van der Waals surface area contributed by atoms with Gasteiger partial charge in [0.05, 0.1) is 18.2 Å². The molecular formula is C12H19N3. The molecule has 0 unspecified atom stereocenters. The van der Waals surface area contributed by atoms with Crippen LogP contribution in [-0.2, 0) is 0 Å². The van der Waals surface area contributed by atoms with Gasteiger partial charge < -0.3 is 9.88 Å². The maximum atomic E-state index is 4.19. The summed E-state index contributed by atoms with van der Waals surface area (Å²) in [4.78, 5) is 4.19. The fraction of sp³-hybridized carbons (Fsp3) is 0.583. The molecule has 1 aromatic heterocycles. The molecule has 1 N–H and O–H groups in total. The Morgan fingerprint density at radius 3 is 3.07 bits per heavy atom. The fourth-order valence-corrected chi connectivity index (χ4v) is 1.59. The Morgan fingerprint density at radius 1 is 1.60 bits per heavy atom. The first-order valence-corrected chi connectivity index (χ1v) is 5.69. The van der Waals surface area contributed by atoms with Crippen LogP contribution in [0.5, 0.6) is 0 Å². The first-order valence-electron chi connectivity index (χ1n) is 5.69. The number of nitrogens with zero attached hydrogens (tertiary/aromatic N) is 2. The van der Waals surface area contributed by atoms with Crippen molar-refractivity contribution in [2.75, 3.05) is 6.54 Å². The van der Waals surface area contributed by atoms with Crippen LogP contribution in [0.3, 0.4) is 0 Å². The summed E-state index contributed by atoms with van der Waals surface area (Å²) in [6, 6.07) is 1.26. The van der Waals surface area contributed by atoms with Crippen molar-refractivity contribution in [2.45, 2.75) is 38.8 Å². The highest BCUT2D eigenvalue weighted by Crippen LogP contribution is 2.35. The van der Waals surface area contributed by atoms with Crippen LogP contribution in [0, 0.1) is 0 Å². The maximum Gasteiger partial charge on any atom is 0.0953 e. The third-order valence-electron chi connectivity index (χ3n) is 2.57. The Kier molecular flexibility index (Phi) is 3.21. The van der Waals surface area contributed by atoms with Crippen LogP contribution in [0.15, 0.2) is 18.6 Å². The Labute approximate surface area is 91.2 Å². The molecule has 1 fully saturated rings. The average Bonchev–Trinajstić information content (AvgIpc) is 2.93. The van der Waals surface area contributed by atoms with E-state index < -0.39 is 0 Å². The number of hydrogen-bond donors (Lipinski definition) is 1. The van der Waals surface area contributed by atoms with Crippen molar-refractivity contribution in [3.8, 4) is 0 Å². The smallest absolute Gasteiger partial charge is 0.0953 e. The molecule has 82 valence electrons. The van der Waals surface area contributed by atoms with E-state index in [9.17, 15) is 0 Å². The zero-order chi connectivity index (χ0) is 10.7. The van der Waals surface area contributed by atoms with Crippen molar-refractivity contribution in [1.82, 2.24) is 14.9 Å². The summed E-state index contributed by atoms with van der Waals surface area (Å²) >= 11 is 0. The zero-order valence-corrected chi connectivity index (χ0v) is 9.48. The highest BCUT2D eigenvalue weighted by atomic mass is 15.1. The molecule has 0 spiro atoms. The summed E-state index contributed by atoms with van der Waals surface area (Å²) in [7, 11) is 0. The normalized spacial score (nSPS) is 16.7. The lowest BCUT2D eigenvalue weighted by Crippen LogP contribution is -2.22. The second-order valence-corrected chi connectivity index (χ2v) is 4.42. The summed E-state index contributed by atoms with van der Waals surface area (Å²) in [6.07, 6.45) is 10.8. The monoisotopic (exact) mass is 205 g/mol. The Balaban J connectivity index is 1.89. The molecule has 1 aliphatic carbocycles. The van der Waals surface area contributed by atoms with Gasteiger partial charge >= 0.3 is 0 Å². The number of hydrogen-bond acceptors (Lipinski definition) is 2. The van der Waals surface area contributed by atoms with E-state index in [2.05, 4.69) is 40.9 Å². The van der Waals surface area contributed by atoms with Gasteiger partial charge in [-0.05, 0) is 18.9 Å². The quantitative estimate of drug-likeness (QED) is 0.799. The lowest BCUT2D eigenvalue weighted by molar-refractivity contribution is 0.633. The Morgan fingerprint density at radius 2 is 2.40 bits per heavy atom. The second kappa shape index (κ2) is 4.62. The van der Waals surface area contributed by atoms with Crippen LogP contribution < -0.4 is 5.32 Å². The molecule has 0 aromatic carbocycles. The van der Waals surface area contributed by atoms with Crippen LogP contribution in [0.1, 0.15) is 38.4 Å². The third kappa shape index (κ3) is 2.93. The van der Waals surface area contributed by atoms with Crippen LogP contribution in [0.25, 0.3) is 6.08 Å². The SMILES string of the molecule is CC(C)NCC=Cc1cncn1C1CC1. The number of rotatable bonds is 5. The van der Waals surface area contributed by atoms with Crippen LogP contribution in [-0.4, -0.2) is 22.1 Å². The van der Waals surface area contributed by atoms with Gasteiger partial charge in [0.1, 0.15) is 0 Å². The highest BCUT2D eigenvalue weighted by Gasteiger charge is 2.24. The summed E-state index contributed by atoms with van der Waals surface area (Å²) in [5.74, 6) is 0. The Bertz CT molecular complexity index is 334. The van der Waals surface area contributed by atoms with E-state index in [0.717, 1.165) is 6.54 Å². The number of imidazole rings is 1. The van der Waals surface area contributed by atoms with Gasteiger partial charge in [0.2, 0.25) is 0 Å². The molecule has 3 heteroatoms. The maximum absolute atomic E-state index is 4.19. The summed E-state index contributed by atoms with van der Waals surface area (Å²) in [5.41, 5.74) is 1.23. The average molecular weight is 205 g/mol. The van der Waals surface area contributed by atoms with E-state index in [1.807, 2.05) is 12.5 Å². The molecule has 1 aliphatic rings. The summed E-state index contributed by atoms with van der Waals surface area (Å²) in [5, 5.41) is 3.36. The Hall–Kier alpha value is -1.09. The summed E-state index contributed by atoms with van der Waals surface area (Å²) < 4.78 is 2.27. The predicted molar refractivity (Wildman–Crippen MR) is 62.7 cm³/mol. The molecular weight excluding hydrogens is 186 g/mol. The molecule has 0 atom stereocenters. The van der Waals surface area contributed by atoms with Gasteiger partial charge in [0, 0.05) is 18.6 Å². The lowest BCUT2D eigenvalue weighted by atomic mass is 10.3. The predicted octanol–water partition coefficient (Wildman–Crippen LogP) is 2.23. The molecule has 2 rings (SSSR count). The van der Waals surface area contributed by atoms with Gasteiger partial charge in [-0.15, -0.1) is 0 Å². The van der Waals surface area contributed by atoms with E-state index in [4.69, 9.17) is 0 Å². The van der Waals surface area contributed by atoms with Crippen LogP contribution in [0.2, 0.25) is 0 Å².